The summed E-state index contributed by atoms with van der Waals surface area (Å²) in [6, 6.07) is 11.8. The molecule has 0 fully saturated rings. The van der Waals surface area contributed by atoms with Gasteiger partial charge in [-0.25, -0.2) is 4.79 Å². The van der Waals surface area contributed by atoms with Gasteiger partial charge in [-0.15, -0.1) is 0 Å². The van der Waals surface area contributed by atoms with Gasteiger partial charge in [0, 0.05) is 24.4 Å². The number of phenolic OH excluding ortho intramolecular Hbond substituents is 1. The molecule has 0 radical (unpaired) electrons. The van der Waals surface area contributed by atoms with Crippen molar-refractivity contribution in [2.75, 3.05) is 32.2 Å². The number of amides is 2. The van der Waals surface area contributed by atoms with Gasteiger partial charge in [-0.2, -0.15) is 13.2 Å². The fourth-order valence-electron chi connectivity index (χ4n) is 3.75. The van der Waals surface area contributed by atoms with Crippen LogP contribution in [0.25, 0.3) is 0 Å². The maximum Gasteiger partial charge on any atom is 0.491 e. The number of aromatic hydroxyl groups is 1. The van der Waals surface area contributed by atoms with Crippen LogP contribution in [0.2, 0.25) is 0 Å². The second kappa shape index (κ2) is 15.3. The summed E-state index contributed by atoms with van der Waals surface area (Å²) in [5.74, 6) is -4.94. The van der Waals surface area contributed by atoms with Crippen LogP contribution in [0.4, 0.5) is 18.9 Å². The first-order valence-electron chi connectivity index (χ1n) is 13.2. The number of carbonyl (C=O) groups is 3. The number of hydrogen-bond donors (Lipinski definition) is 6. The summed E-state index contributed by atoms with van der Waals surface area (Å²) in [5, 5.41) is 19.9. The van der Waals surface area contributed by atoms with E-state index in [4.69, 9.17) is 25.4 Å². The lowest BCUT2D eigenvalue weighted by molar-refractivity contribution is -0.189. The third kappa shape index (κ3) is 9.49. The van der Waals surface area contributed by atoms with Crippen molar-refractivity contribution in [1.29, 1.82) is 5.41 Å². The number of esters is 1. The fraction of sp³-hybridized carbons (Fsp3) is 0.241. The molecular formula is C29H30F3N5O8. The predicted molar refractivity (Wildman–Crippen MR) is 154 cm³/mol. The first-order valence-corrected chi connectivity index (χ1v) is 13.2. The molecule has 2 amide bonds. The average Bonchev–Trinajstić information content (AvgIpc) is 2.99. The fourth-order valence-corrected chi connectivity index (χ4v) is 3.75. The van der Waals surface area contributed by atoms with E-state index in [0.29, 0.717) is 5.75 Å². The molecular weight excluding hydrogens is 603 g/mol. The summed E-state index contributed by atoms with van der Waals surface area (Å²) >= 11 is 0. The van der Waals surface area contributed by atoms with Crippen molar-refractivity contribution < 1.29 is 51.6 Å². The number of hydrazine groups is 1. The maximum atomic E-state index is 13.5. The number of phenols is 1. The van der Waals surface area contributed by atoms with Gasteiger partial charge in [0.1, 0.15) is 30.0 Å². The van der Waals surface area contributed by atoms with Crippen molar-refractivity contribution >= 4 is 29.3 Å². The molecule has 1 atom stereocenters. The molecule has 0 aliphatic carbocycles. The average molecular weight is 634 g/mol. The Morgan fingerprint density at radius 1 is 0.933 bits per heavy atom. The molecule has 13 nitrogen and oxygen atoms in total. The Morgan fingerprint density at radius 2 is 1.64 bits per heavy atom. The van der Waals surface area contributed by atoms with E-state index in [1.165, 1.54) is 55.6 Å². The van der Waals surface area contributed by atoms with Gasteiger partial charge < -0.3 is 35.1 Å². The topological polar surface area (TPSA) is 194 Å². The number of carbonyl (C=O) groups excluding carboxylic acids is 3. The highest BCUT2D eigenvalue weighted by molar-refractivity contribution is 5.99. The highest BCUT2D eigenvalue weighted by Gasteiger charge is 2.42. The predicted octanol–water partition coefficient (Wildman–Crippen LogP) is 3.18. The Hall–Kier alpha value is -5.51. The van der Waals surface area contributed by atoms with Crippen molar-refractivity contribution in [3.8, 4) is 23.0 Å². The number of alkyl halides is 3. The summed E-state index contributed by atoms with van der Waals surface area (Å²) in [7, 11) is 1.50. The minimum Gasteiger partial charge on any atom is -0.508 e. The quantitative estimate of drug-likeness (QED) is 0.0407. The van der Waals surface area contributed by atoms with Crippen LogP contribution in [-0.4, -0.2) is 61.8 Å². The van der Waals surface area contributed by atoms with Crippen molar-refractivity contribution in [3.63, 3.8) is 0 Å². The zero-order valence-corrected chi connectivity index (χ0v) is 24.0. The lowest BCUT2D eigenvalue weighted by atomic mass is 10.0. The zero-order valence-electron chi connectivity index (χ0n) is 24.0. The summed E-state index contributed by atoms with van der Waals surface area (Å²) in [6.07, 6.45) is -5.33. The van der Waals surface area contributed by atoms with E-state index >= 15 is 0 Å². The van der Waals surface area contributed by atoms with Crippen LogP contribution < -0.4 is 36.1 Å². The first-order chi connectivity index (χ1) is 21.3. The number of nitrogens with one attached hydrogen (secondary N) is 4. The summed E-state index contributed by atoms with van der Waals surface area (Å²) in [6.45, 7) is 2.45. The monoisotopic (exact) mass is 633 g/mol. The number of nitrogens with two attached hydrogens (primary N) is 1. The molecule has 0 saturated heterocycles. The Balaban J connectivity index is 1.98. The van der Waals surface area contributed by atoms with Gasteiger partial charge in [-0.1, -0.05) is 6.07 Å². The molecule has 0 aromatic heterocycles. The number of hydrogen-bond acceptors (Lipinski definition) is 10. The Kier molecular flexibility index (Phi) is 11.5. The van der Waals surface area contributed by atoms with Gasteiger partial charge in [0.2, 0.25) is 0 Å². The van der Waals surface area contributed by atoms with E-state index in [1.807, 2.05) is 0 Å². The molecule has 0 spiro atoms. The lowest BCUT2D eigenvalue weighted by Gasteiger charge is -2.22. The number of nitrogen functional groups attached to an aromatic ring is 1. The molecule has 0 saturated carbocycles. The second-order valence-electron chi connectivity index (χ2n) is 9.06. The van der Waals surface area contributed by atoms with Crippen LogP contribution in [0.1, 0.15) is 34.5 Å². The van der Waals surface area contributed by atoms with Crippen molar-refractivity contribution in [3.05, 3.63) is 77.4 Å². The number of rotatable bonds is 13. The third-order valence-corrected chi connectivity index (χ3v) is 5.85. The van der Waals surface area contributed by atoms with Gasteiger partial charge in [0.25, 0.3) is 11.8 Å². The minimum absolute atomic E-state index is 0.0200. The number of anilines is 1. The molecule has 3 aromatic carbocycles. The van der Waals surface area contributed by atoms with Crippen LogP contribution in [0.5, 0.6) is 23.0 Å². The number of benzene rings is 3. The van der Waals surface area contributed by atoms with Gasteiger partial charge in [0.15, 0.2) is 11.5 Å². The molecule has 240 valence electrons. The molecule has 16 heteroatoms. The second-order valence-corrected chi connectivity index (χ2v) is 9.06. The van der Waals surface area contributed by atoms with Crippen molar-refractivity contribution in [2.24, 2.45) is 5.73 Å². The van der Waals surface area contributed by atoms with Crippen LogP contribution in [-0.2, 0) is 14.3 Å². The van der Waals surface area contributed by atoms with Gasteiger partial charge in [-0.05, 0) is 61.0 Å². The number of halogens is 3. The van der Waals surface area contributed by atoms with Gasteiger partial charge in [-0.3, -0.25) is 25.8 Å². The SMILES string of the molecule is CCOc1cc(C(Nc2ccc(C(=N)N)c(OC(=O)C(F)(F)F)c2)C(=O)NNC(=O)c2ccc(O)cc2)ccc1OCCOC. The smallest absolute Gasteiger partial charge is 0.491 e. The standard InChI is InChI=1S/C29H30F3N5O8/c1-3-43-23-14-17(6-11-21(23)44-13-12-42-2)24(27(40)37-36-26(39)16-4-8-19(38)9-5-16)35-18-7-10-20(25(33)34)22(15-18)45-28(41)29(30,31)32/h4-11,14-15,24,35,38H,3,12-13H2,1-2H3,(H3,33,34)(H,36,39)(H,37,40). The van der Waals surface area contributed by atoms with Crippen molar-refractivity contribution in [1.82, 2.24) is 10.9 Å². The molecule has 0 aliphatic rings. The normalized spacial score (nSPS) is 11.6. The Labute approximate surface area is 254 Å². The molecule has 3 rings (SSSR count). The van der Waals surface area contributed by atoms with E-state index in [0.717, 1.165) is 12.1 Å². The molecule has 0 aliphatic heterocycles. The third-order valence-electron chi connectivity index (χ3n) is 5.85. The molecule has 0 heterocycles. The number of amidine groups is 1. The van der Waals surface area contributed by atoms with E-state index < -0.39 is 41.6 Å². The van der Waals surface area contributed by atoms with E-state index in [1.54, 1.807) is 6.92 Å². The van der Waals surface area contributed by atoms with Crippen LogP contribution in [0, 0.1) is 5.41 Å². The van der Waals surface area contributed by atoms with Crippen LogP contribution in [0.3, 0.4) is 0 Å². The van der Waals surface area contributed by atoms with Crippen LogP contribution >= 0.6 is 0 Å². The molecule has 1 unspecified atom stereocenters. The largest absolute Gasteiger partial charge is 0.508 e. The van der Waals surface area contributed by atoms with Crippen molar-refractivity contribution in [2.45, 2.75) is 19.1 Å². The zero-order chi connectivity index (χ0) is 33.1. The highest BCUT2D eigenvalue weighted by atomic mass is 19.4. The van der Waals surface area contributed by atoms with E-state index in [2.05, 4.69) is 20.9 Å². The molecule has 45 heavy (non-hydrogen) atoms. The summed E-state index contributed by atoms with van der Waals surface area (Å²) in [4.78, 5) is 37.6. The first kappa shape index (κ1) is 34.0. The molecule has 0 bridgehead atoms. The maximum absolute atomic E-state index is 13.5. The number of ether oxygens (including phenoxy) is 4. The Bertz CT molecular complexity index is 1530. The minimum atomic E-state index is -5.33. The van der Waals surface area contributed by atoms with Gasteiger partial charge >= 0.3 is 12.1 Å². The van der Waals surface area contributed by atoms with Crippen LogP contribution in [0.15, 0.2) is 60.7 Å². The van der Waals surface area contributed by atoms with Gasteiger partial charge in [0.05, 0.1) is 18.8 Å². The lowest BCUT2D eigenvalue weighted by Crippen LogP contribution is -2.45. The Morgan fingerprint density at radius 3 is 2.27 bits per heavy atom. The summed E-state index contributed by atoms with van der Waals surface area (Å²) < 4.78 is 59.6. The highest BCUT2D eigenvalue weighted by Crippen LogP contribution is 2.33. The number of methoxy groups -OCH3 is 1. The summed E-state index contributed by atoms with van der Waals surface area (Å²) in [5.41, 5.74) is 10.0. The molecule has 7 N–H and O–H groups in total. The van der Waals surface area contributed by atoms with E-state index in [-0.39, 0.29) is 53.7 Å². The molecule has 3 aromatic rings. The van der Waals surface area contributed by atoms with E-state index in [9.17, 15) is 32.7 Å².